The first-order chi connectivity index (χ1) is 7.74. The van der Waals surface area contributed by atoms with Crippen LogP contribution in [-0.2, 0) is 4.79 Å². The molecule has 0 aliphatic carbocycles. The number of alkyl halides is 1. The fraction of sp³-hybridized carbons (Fsp3) is 0.273. The van der Waals surface area contributed by atoms with Crippen molar-refractivity contribution in [1.82, 2.24) is 0 Å². The Morgan fingerprint density at radius 3 is 3.12 bits per heavy atom. The van der Waals surface area contributed by atoms with Crippen LogP contribution < -0.4 is 10.1 Å². The molecule has 0 saturated carbocycles. The molecule has 1 unspecified atom stereocenters. The van der Waals surface area contributed by atoms with Gasteiger partial charge in [0.1, 0.15) is 24.7 Å². The number of hydrogen-bond donors (Lipinski definition) is 1. The van der Waals surface area contributed by atoms with E-state index < -0.39 is 0 Å². The first-order valence-electron chi connectivity index (χ1n) is 4.82. The minimum absolute atomic E-state index is 0.0524. The predicted molar refractivity (Wildman–Crippen MR) is 60.5 cm³/mol. The smallest absolute Gasteiger partial charge is 0.177 e. The Balaban J connectivity index is 2.27. The average Bonchev–Trinajstić information content (AvgIpc) is 2.36. The molecule has 1 N–H and O–H groups in total. The molecule has 0 spiro atoms. The molecule has 1 aromatic rings. The Morgan fingerprint density at radius 1 is 1.62 bits per heavy atom. The van der Waals surface area contributed by atoms with E-state index in [-0.39, 0.29) is 24.3 Å². The van der Waals surface area contributed by atoms with Crippen LogP contribution in [0.2, 0.25) is 0 Å². The van der Waals surface area contributed by atoms with Gasteiger partial charge in [-0.25, -0.2) is 0 Å². The van der Waals surface area contributed by atoms with Gasteiger partial charge in [-0.3, -0.25) is 4.79 Å². The lowest BCUT2D eigenvalue weighted by Crippen LogP contribution is -2.32. The molecule has 5 heteroatoms. The van der Waals surface area contributed by atoms with Crippen molar-refractivity contribution in [2.24, 2.45) is 0 Å². The predicted octanol–water partition coefficient (Wildman–Crippen LogP) is 1.48. The maximum atomic E-state index is 11.4. The van der Waals surface area contributed by atoms with E-state index >= 15 is 0 Å². The lowest BCUT2D eigenvalue weighted by molar-refractivity contribution is -0.109. The summed E-state index contributed by atoms with van der Waals surface area (Å²) in [5.41, 5.74) is 1.23. The number of benzene rings is 1. The molecule has 0 bridgehead atoms. The van der Waals surface area contributed by atoms with Crippen molar-refractivity contribution in [2.45, 2.75) is 6.04 Å². The molecule has 1 atom stereocenters. The number of ketones is 1. The maximum Gasteiger partial charge on any atom is 0.177 e. The van der Waals surface area contributed by atoms with Gasteiger partial charge in [0.15, 0.2) is 5.78 Å². The number of carbonyl (C=O) groups excluding carboxylic acids is 2. The second-order valence-electron chi connectivity index (χ2n) is 3.47. The summed E-state index contributed by atoms with van der Waals surface area (Å²) in [7, 11) is 0. The number of halogens is 1. The van der Waals surface area contributed by atoms with Gasteiger partial charge in [-0.2, -0.15) is 0 Å². The quantitative estimate of drug-likeness (QED) is 0.493. The van der Waals surface area contributed by atoms with Crippen LogP contribution in [0.1, 0.15) is 10.4 Å². The molecule has 16 heavy (non-hydrogen) atoms. The van der Waals surface area contributed by atoms with Crippen molar-refractivity contribution in [3.63, 3.8) is 0 Å². The summed E-state index contributed by atoms with van der Waals surface area (Å²) >= 11 is 5.46. The van der Waals surface area contributed by atoms with E-state index in [4.69, 9.17) is 16.3 Å². The highest BCUT2D eigenvalue weighted by Gasteiger charge is 2.19. The lowest BCUT2D eigenvalue weighted by Gasteiger charge is -2.24. The number of anilines is 1. The van der Waals surface area contributed by atoms with Crippen molar-refractivity contribution in [3.05, 3.63) is 23.8 Å². The largest absolute Gasteiger partial charge is 0.489 e. The van der Waals surface area contributed by atoms with Crippen LogP contribution in [0.4, 0.5) is 5.69 Å². The van der Waals surface area contributed by atoms with Gasteiger partial charge in [0, 0.05) is 5.56 Å². The molecule has 2 rings (SSSR count). The number of nitrogens with one attached hydrogen (secondary N) is 1. The summed E-state index contributed by atoms with van der Waals surface area (Å²) in [6, 6.07) is 4.67. The van der Waals surface area contributed by atoms with E-state index in [2.05, 4.69) is 5.32 Å². The van der Waals surface area contributed by atoms with Gasteiger partial charge in [-0.1, -0.05) is 0 Å². The number of Topliss-reactive ketones (excluding diaryl/α,β-unsaturated/α-hetero) is 1. The van der Waals surface area contributed by atoms with Crippen LogP contribution in [0.15, 0.2) is 18.2 Å². The third-order valence-corrected chi connectivity index (χ3v) is 2.59. The molecular formula is C11H10ClNO3. The van der Waals surface area contributed by atoms with Gasteiger partial charge >= 0.3 is 0 Å². The van der Waals surface area contributed by atoms with E-state index in [9.17, 15) is 9.59 Å². The molecule has 1 aromatic carbocycles. The van der Waals surface area contributed by atoms with Gasteiger partial charge in [0.25, 0.3) is 0 Å². The molecular weight excluding hydrogens is 230 g/mol. The van der Waals surface area contributed by atoms with Crippen LogP contribution >= 0.6 is 11.6 Å². The summed E-state index contributed by atoms with van der Waals surface area (Å²) in [5.74, 6) is 0.378. The minimum atomic E-state index is -0.331. The number of hydrogen-bond acceptors (Lipinski definition) is 4. The van der Waals surface area contributed by atoms with Gasteiger partial charge in [0.05, 0.1) is 11.6 Å². The Bertz CT molecular complexity index is 433. The second kappa shape index (κ2) is 4.53. The molecule has 1 aliphatic heterocycles. The SMILES string of the molecule is O=CC1COc2cc(C(=O)CCl)ccc2N1. The maximum absolute atomic E-state index is 11.4. The third kappa shape index (κ3) is 2.02. The van der Waals surface area contributed by atoms with Crippen LogP contribution in [0.5, 0.6) is 5.75 Å². The number of fused-ring (bicyclic) bond motifs is 1. The fourth-order valence-corrected chi connectivity index (χ4v) is 1.66. The van der Waals surface area contributed by atoms with Crippen LogP contribution in [-0.4, -0.2) is 30.6 Å². The van der Waals surface area contributed by atoms with E-state index in [0.29, 0.717) is 11.3 Å². The number of aldehydes is 1. The number of rotatable bonds is 3. The van der Waals surface area contributed by atoms with Gasteiger partial charge in [-0.15, -0.1) is 11.6 Å². The zero-order valence-electron chi connectivity index (χ0n) is 8.40. The first kappa shape index (κ1) is 11.0. The fourth-order valence-electron chi connectivity index (χ4n) is 1.51. The summed E-state index contributed by atoms with van der Waals surface area (Å²) in [5, 5.41) is 2.99. The Hall–Kier alpha value is -1.55. The van der Waals surface area contributed by atoms with E-state index in [0.717, 1.165) is 12.0 Å². The molecule has 0 aromatic heterocycles. The lowest BCUT2D eigenvalue weighted by atomic mass is 10.1. The Labute approximate surface area is 97.5 Å². The molecule has 0 amide bonds. The van der Waals surface area contributed by atoms with Gasteiger partial charge in [0.2, 0.25) is 0 Å². The zero-order chi connectivity index (χ0) is 11.5. The highest BCUT2D eigenvalue weighted by atomic mass is 35.5. The Morgan fingerprint density at radius 2 is 2.44 bits per heavy atom. The zero-order valence-corrected chi connectivity index (χ0v) is 9.16. The second-order valence-corrected chi connectivity index (χ2v) is 3.73. The minimum Gasteiger partial charge on any atom is -0.489 e. The van der Waals surface area contributed by atoms with Crippen LogP contribution in [0.25, 0.3) is 0 Å². The highest BCUT2D eigenvalue weighted by molar-refractivity contribution is 6.30. The van der Waals surface area contributed by atoms with Crippen LogP contribution in [0, 0.1) is 0 Å². The molecule has 0 radical (unpaired) electrons. The molecule has 0 saturated heterocycles. The van der Waals surface area contributed by atoms with Crippen molar-refractivity contribution in [1.29, 1.82) is 0 Å². The van der Waals surface area contributed by atoms with E-state index in [1.54, 1.807) is 18.2 Å². The highest BCUT2D eigenvalue weighted by Crippen LogP contribution is 2.29. The molecule has 0 fully saturated rings. The summed E-state index contributed by atoms with van der Waals surface area (Å²) in [4.78, 5) is 21.9. The van der Waals surface area contributed by atoms with Crippen molar-refractivity contribution in [2.75, 3.05) is 17.8 Å². The third-order valence-electron chi connectivity index (χ3n) is 2.35. The summed E-state index contributed by atoms with van der Waals surface area (Å²) in [6.07, 6.45) is 0.792. The Kier molecular flexibility index (Phi) is 3.10. The molecule has 1 aliphatic rings. The molecule has 1 heterocycles. The monoisotopic (exact) mass is 239 g/mol. The number of carbonyl (C=O) groups is 2. The molecule has 84 valence electrons. The van der Waals surface area contributed by atoms with Gasteiger partial charge < -0.3 is 14.8 Å². The first-order valence-corrected chi connectivity index (χ1v) is 5.36. The molecule has 4 nitrogen and oxygen atoms in total. The van der Waals surface area contributed by atoms with Crippen LogP contribution in [0.3, 0.4) is 0 Å². The number of ether oxygens (including phenoxy) is 1. The summed E-state index contributed by atoms with van der Waals surface area (Å²) < 4.78 is 5.37. The van der Waals surface area contributed by atoms with E-state index in [1.165, 1.54) is 0 Å². The standard InChI is InChI=1S/C11H10ClNO3/c12-4-10(15)7-1-2-9-11(3-7)16-6-8(5-14)13-9/h1-3,5,8,13H,4,6H2. The average molecular weight is 240 g/mol. The normalized spacial score (nSPS) is 17.9. The van der Waals surface area contributed by atoms with Crippen molar-refractivity contribution < 1.29 is 14.3 Å². The van der Waals surface area contributed by atoms with Crippen molar-refractivity contribution >= 4 is 29.4 Å². The topological polar surface area (TPSA) is 55.4 Å². The van der Waals surface area contributed by atoms with Crippen molar-refractivity contribution in [3.8, 4) is 5.75 Å². The van der Waals surface area contributed by atoms with Gasteiger partial charge in [-0.05, 0) is 18.2 Å². The van der Waals surface area contributed by atoms with E-state index in [1.807, 2.05) is 0 Å². The summed E-state index contributed by atoms with van der Waals surface area (Å²) in [6.45, 7) is 0.273.